The number of ether oxygens (including phenoxy) is 1. The van der Waals surface area contributed by atoms with Crippen molar-refractivity contribution < 1.29 is 18.7 Å². The molecule has 2 amide bonds. The average Bonchev–Trinajstić information content (AvgIpc) is 3.52. The second kappa shape index (κ2) is 9.68. The van der Waals surface area contributed by atoms with Gasteiger partial charge in [0.15, 0.2) is 5.76 Å². The molecular weight excluding hydrogens is 406 g/mol. The number of carbonyl (C=O) groups is 2. The minimum Gasteiger partial charge on any atom is -0.495 e. The van der Waals surface area contributed by atoms with Gasteiger partial charge in [-0.15, -0.1) is 0 Å². The van der Waals surface area contributed by atoms with Crippen LogP contribution in [0.15, 0.2) is 65.5 Å². The standard InChI is InChI=1S/C25H27N3O4/c1-17-11-12-21(31-2)20(15-17)28(25(30)22-10-6-14-32-22)23(18-7-5-13-26-16-18)24(29)27-19-8-3-4-9-19/h5-7,10-16,19,23H,3-4,8-9H2,1-2H3,(H,27,29). The molecule has 1 N–H and O–H groups in total. The molecule has 1 unspecified atom stereocenters. The number of amides is 2. The first-order valence-corrected chi connectivity index (χ1v) is 10.8. The van der Waals surface area contributed by atoms with Gasteiger partial charge in [-0.3, -0.25) is 19.5 Å². The molecule has 1 aromatic carbocycles. The fourth-order valence-electron chi connectivity index (χ4n) is 4.18. The Bertz CT molecular complexity index is 1060. The van der Waals surface area contributed by atoms with Crippen molar-refractivity contribution in [3.05, 3.63) is 78.0 Å². The van der Waals surface area contributed by atoms with Gasteiger partial charge in [0, 0.05) is 24.0 Å². The van der Waals surface area contributed by atoms with E-state index in [2.05, 4.69) is 10.3 Å². The van der Waals surface area contributed by atoms with E-state index in [1.807, 2.05) is 19.1 Å². The number of aromatic nitrogens is 1. The number of rotatable bonds is 7. The van der Waals surface area contributed by atoms with Crippen LogP contribution in [0.3, 0.4) is 0 Å². The van der Waals surface area contributed by atoms with Gasteiger partial charge in [0.25, 0.3) is 5.91 Å². The van der Waals surface area contributed by atoms with E-state index in [1.54, 1.807) is 49.8 Å². The first-order valence-electron chi connectivity index (χ1n) is 10.8. The van der Waals surface area contributed by atoms with Gasteiger partial charge in [0.2, 0.25) is 5.91 Å². The molecule has 1 saturated carbocycles. The number of benzene rings is 1. The van der Waals surface area contributed by atoms with Crippen molar-refractivity contribution in [2.45, 2.75) is 44.7 Å². The van der Waals surface area contributed by atoms with Gasteiger partial charge in [-0.05, 0) is 55.7 Å². The molecule has 166 valence electrons. The van der Waals surface area contributed by atoms with Crippen molar-refractivity contribution in [2.24, 2.45) is 0 Å². The van der Waals surface area contributed by atoms with Crippen LogP contribution < -0.4 is 15.0 Å². The van der Waals surface area contributed by atoms with E-state index >= 15 is 0 Å². The number of hydrogen-bond donors (Lipinski definition) is 1. The Labute approximate surface area is 187 Å². The minimum atomic E-state index is -0.947. The smallest absolute Gasteiger partial charge is 0.295 e. The molecule has 1 aliphatic rings. The SMILES string of the molecule is COc1ccc(C)cc1N(C(=O)c1ccco1)C(C(=O)NC1CCCC1)c1cccnc1. The molecule has 1 aliphatic carbocycles. The third-order valence-corrected chi connectivity index (χ3v) is 5.75. The minimum absolute atomic E-state index is 0.0987. The monoisotopic (exact) mass is 433 g/mol. The summed E-state index contributed by atoms with van der Waals surface area (Å²) in [7, 11) is 1.54. The van der Waals surface area contributed by atoms with Crippen molar-refractivity contribution in [2.75, 3.05) is 12.0 Å². The predicted octanol–water partition coefficient (Wildman–Crippen LogP) is 4.44. The van der Waals surface area contributed by atoms with E-state index in [9.17, 15) is 9.59 Å². The number of nitrogens with one attached hydrogen (secondary N) is 1. The van der Waals surface area contributed by atoms with E-state index in [4.69, 9.17) is 9.15 Å². The van der Waals surface area contributed by atoms with E-state index in [-0.39, 0.29) is 17.7 Å². The molecule has 0 radical (unpaired) electrons. The van der Waals surface area contributed by atoms with Crippen LogP contribution >= 0.6 is 0 Å². The van der Waals surface area contributed by atoms with Crippen LogP contribution in [0.4, 0.5) is 5.69 Å². The molecule has 3 aromatic rings. The Kier molecular flexibility index (Phi) is 6.54. The Balaban J connectivity index is 1.85. The summed E-state index contributed by atoms with van der Waals surface area (Å²) in [5.41, 5.74) is 2.02. The van der Waals surface area contributed by atoms with Crippen molar-refractivity contribution in [3.63, 3.8) is 0 Å². The quantitative estimate of drug-likeness (QED) is 0.596. The highest BCUT2D eigenvalue weighted by atomic mass is 16.5. The lowest BCUT2D eigenvalue weighted by molar-refractivity contribution is -0.123. The zero-order valence-electron chi connectivity index (χ0n) is 18.3. The van der Waals surface area contributed by atoms with Gasteiger partial charge in [-0.25, -0.2) is 0 Å². The first kappa shape index (κ1) is 21.6. The second-order valence-electron chi connectivity index (χ2n) is 8.01. The molecule has 2 heterocycles. The maximum absolute atomic E-state index is 13.7. The van der Waals surface area contributed by atoms with E-state index in [0.29, 0.717) is 17.0 Å². The highest BCUT2D eigenvalue weighted by Gasteiger charge is 2.37. The molecule has 7 heteroatoms. The molecule has 0 saturated heterocycles. The van der Waals surface area contributed by atoms with E-state index in [0.717, 1.165) is 31.2 Å². The van der Waals surface area contributed by atoms with Gasteiger partial charge < -0.3 is 14.5 Å². The Morgan fingerprint density at radius 2 is 2.00 bits per heavy atom. The number of pyridine rings is 1. The van der Waals surface area contributed by atoms with E-state index in [1.165, 1.54) is 11.2 Å². The summed E-state index contributed by atoms with van der Waals surface area (Å²) in [5.74, 6) is -0.0723. The summed E-state index contributed by atoms with van der Waals surface area (Å²) in [5, 5.41) is 3.15. The van der Waals surface area contributed by atoms with Gasteiger partial charge in [-0.2, -0.15) is 0 Å². The van der Waals surface area contributed by atoms with E-state index < -0.39 is 11.9 Å². The molecule has 0 aliphatic heterocycles. The number of furan rings is 1. The fourth-order valence-corrected chi connectivity index (χ4v) is 4.18. The third kappa shape index (κ3) is 4.51. The Morgan fingerprint density at radius 3 is 2.66 bits per heavy atom. The normalized spacial score (nSPS) is 14.7. The molecule has 1 fully saturated rings. The van der Waals surface area contributed by atoms with Crippen molar-refractivity contribution in [1.29, 1.82) is 0 Å². The predicted molar refractivity (Wildman–Crippen MR) is 121 cm³/mol. The largest absolute Gasteiger partial charge is 0.495 e. The molecule has 7 nitrogen and oxygen atoms in total. The molecule has 0 spiro atoms. The number of nitrogens with zero attached hydrogens (tertiary/aromatic N) is 2. The maximum atomic E-state index is 13.7. The zero-order valence-corrected chi connectivity index (χ0v) is 18.3. The van der Waals surface area contributed by atoms with Crippen LogP contribution in [0, 0.1) is 6.92 Å². The van der Waals surface area contributed by atoms with Crippen LogP contribution in [-0.2, 0) is 4.79 Å². The van der Waals surface area contributed by atoms with Gasteiger partial charge >= 0.3 is 0 Å². The van der Waals surface area contributed by atoms with Crippen LogP contribution in [0.1, 0.15) is 53.4 Å². The van der Waals surface area contributed by atoms with Gasteiger partial charge in [-0.1, -0.05) is 25.0 Å². The zero-order chi connectivity index (χ0) is 22.5. The average molecular weight is 434 g/mol. The Hall–Kier alpha value is -3.61. The summed E-state index contributed by atoms with van der Waals surface area (Å²) in [6.45, 7) is 1.93. The topological polar surface area (TPSA) is 84.7 Å². The van der Waals surface area contributed by atoms with Crippen LogP contribution in [0.2, 0.25) is 0 Å². The second-order valence-corrected chi connectivity index (χ2v) is 8.01. The van der Waals surface area contributed by atoms with Crippen molar-refractivity contribution in [1.82, 2.24) is 10.3 Å². The number of hydrogen-bond acceptors (Lipinski definition) is 5. The lowest BCUT2D eigenvalue weighted by atomic mass is 10.0. The third-order valence-electron chi connectivity index (χ3n) is 5.75. The van der Waals surface area contributed by atoms with Crippen molar-refractivity contribution in [3.8, 4) is 5.75 Å². The van der Waals surface area contributed by atoms with Crippen molar-refractivity contribution >= 4 is 17.5 Å². The number of aryl methyl sites for hydroxylation is 1. The molecule has 1 atom stereocenters. The molecule has 0 bridgehead atoms. The molecule has 4 rings (SSSR count). The summed E-state index contributed by atoms with van der Waals surface area (Å²) < 4.78 is 11.0. The lowest BCUT2D eigenvalue weighted by Gasteiger charge is -2.32. The first-order chi connectivity index (χ1) is 15.6. The highest BCUT2D eigenvalue weighted by molar-refractivity contribution is 6.09. The Morgan fingerprint density at radius 1 is 1.19 bits per heavy atom. The number of carbonyl (C=O) groups excluding carboxylic acids is 2. The lowest BCUT2D eigenvalue weighted by Crippen LogP contribution is -2.46. The summed E-state index contributed by atoms with van der Waals surface area (Å²) in [6.07, 6.45) is 8.74. The molecule has 32 heavy (non-hydrogen) atoms. The maximum Gasteiger partial charge on any atom is 0.295 e. The van der Waals surface area contributed by atoms with Crippen LogP contribution in [0.25, 0.3) is 0 Å². The van der Waals surface area contributed by atoms with Gasteiger partial charge in [0.1, 0.15) is 11.8 Å². The fraction of sp³-hybridized carbons (Fsp3) is 0.320. The van der Waals surface area contributed by atoms with Crippen LogP contribution in [0.5, 0.6) is 5.75 Å². The summed E-state index contributed by atoms with van der Waals surface area (Å²) in [4.78, 5) is 33.0. The van der Waals surface area contributed by atoms with Gasteiger partial charge in [0.05, 0.1) is 19.1 Å². The summed E-state index contributed by atoms with van der Waals surface area (Å²) >= 11 is 0. The molecular formula is C25H27N3O4. The highest BCUT2D eigenvalue weighted by Crippen LogP contribution is 2.37. The number of anilines is 1. The summed E-state index contributed by atoms with van der Waals surface area (Å²) in [6, 6.07) is 11.5. The molecule has 2 aromatic heterocycles. The van der Waals surface area contributed by atoms with Crippen LogP contribution in [-0.4, -0.2) is 29.9 Å². The number of methoxy groups -OCH3 is 1.